The number of nitrogens with two attached hydrogens (primary N) is 2. The monoisotopic (exact) mass is 989 g/mol. The van der Waals surface area contributed by atoms with Crippen molar-refractivity contribution in [3.05, 3.63) is 17.4 Å². The summed E-state index contributed by atoms with van der Waals surface area (Å²) in [5.74, 6) is 1.44. The van der Waals surface area contributed by atoms with E-state index in [0.29, 0.717) is 90.3 Å². The Balaban J connectivity index is 0.867. The summed E-state index contributed by atoms with van der Waals surface area (Å²) in [6.07, 6.45) is -0.573. The van der Waals surface area contributed by atoms with Crippen LogP contribution in [-0.4, -0.2) is 316 Å². The molecule has 0 bridgehead atoms. The lowest BCUT2D eigenvalue weighted by atomic mass is 9.97. The average Bonchev–Trinajstić information content (AvgIpc) is 3.68. The Hall–Kier alpha value is -2.91. The van der Waals surface area contributed by atoms with Gasteiger partial charge in [-0.3, -0.25) is 25.4 Å². The van der Waals surface area contributed by atoms with Crippen molar-refractivity contribution in [1.82, 2.24) is 44.6 Å². The maximum atomic E-state index is 14.2. The Bertz CT molecular complexity index is 1880. The first kappa shape index (κ1) is 54.9. The first-order chi connectivity index (χ1) is 33.3. The molecule has 0 saturated carbocycles. The highest BCUT2D eigenvalue weighted by Crippen LogP contribution is 2.53. The summed E-state index contributed by atoms with van der Waals surface area (Å²) in [7, 11) is 38.9. The van der Waals surface area contributed by atoms with Crippen molar-refractivity contribution in [1.29, 1.82) is 5.41 Å². The standard InChI is InChI=1S/C38H67B6N16O9P/c1-53(2)70(62,60-14-27(21-61)68-34(44)19-60)63-22-28-12-55(15-30(40)69-28)35-20-59(54(3)52-35)13-26-11-58(18-33(43)67-26)38(47)51-7-25-10-57(17-32(42)66-25)37(46)50-6-24-9-56(16-31(41)65-24)36(45)49-5-23-4-48-8-29(39)64-23/h20,23-34,48,54,61H,4-19,21-22H2,1-3H3,(H2,45,49)(H2,46,50)(H2,47,51). The van der Waals surface area contributed by atoms with Crippen molar-refractivity contribution < 1.29 is 47.7 Å². The number of morpholine rings is 6. The van der Waals surface area contributed by atoms with Gasteiger partial charge in [0.1, 0.15) is 47.1 Å². The minimum Gasteiger partial charge on any atom is -0.459 e. The average molecular weight is 988 g/mol. The molecule has 7 aliphatic rings. The molecule has 0 aliphatic carbocycles. The van der Waals surface area contributed by atoms with Crippen LogP contribution in [0.5, 0.6) is 0 Å². The second-order valence-electron chi connectivity index (χ2n) is 18.7. The quantitative estimate of drug-likeness (QED) is 0.0348. The second-order valence-corrected chi connectivity index (χ2v) is 21.3. The number of aliphatic imine (C=N–C) groups is 2. The van der Waals surface area contributed by atoms with Gasteiger partial charge in [0.2, 0.25) is 0 Å². The molecule has 7 heterocycles. The molecular weight excluding hydrogens is 920 g/mol. The molecule has 7 rings (SSSR count). The van der Waals surface area contributed by atoms with Crippen LogP contribution in [-0.2, 0) is 37.5 Å². The summed E-state index contributed by atoms with van der Waals surface area (Å²) < 4.78 is 58.9. The number of nitrogens with zero attached hydrogens (tertiary/aromatic N) is 10. The van der Waals surface area contributed by atoms with Crippen molar-refractivity contribution in [3.63, 3.8) is 0 Å². The highest BCUT2D eigenvalue weighted by atomic mass is 31.2. The van der Waals surface area contributed by atoms with E-state index in [1.807, 2.05) is 37.9 Å². The van der Waals surface area contributed by atoms with Crippen molar-refractivity contribution in [2.75, 3.05) is 139 Å². The zero-order chi connectivity index (χ0) is 50.3. The van der Waals surface area contributed by atoms with E-state index < -0.39 is 62.1 Å². The van der Waals surface area contributed by atoms with Crippen LogP contribution in [0.3, 0.4) is 0 Å². The minimum absolute atomic E-state index is 0.0219. The maximum absolute atomic E-state index is 14.2. The Kier molecular flexibility index (Phi) is 19.5. The first-order valence-electron chi connectivity index (χ1n) is 23.7. The van der Waals surface area contributed by atoms with Gasteiger partial charge in [0.05, 0.1) is 82.7 Å². The van der Waals surface area contributed by atoms with Gasteiger partial charge in [-0.25, -0.2) is 14.3 Å². The molecule has 12 radical (unpaired) electrons. The number of hydrogen-bond acceptors (Lipinski definition) is 15. The number of hydrogen-bond donors (Lipinski definition) is 7. The predicted molar refractivity (Wildman–Crippen MR) is 265 cm³/mol. The fraction of sp³-hybridized carbons (Fsp3) is 0.868. The molecule has 376 valence electrons. The zero-order valence-corrected chi connectivity index (χ0v) is 41.4. The summed E-state index contributed by atoms with van der Waals surface area (Å²) in [5, 5.41) is 27.8. The number of guanidine groups is 3. The van der Waals surface area contributed by atoms with Gasteiger partial charge in [-0.15, -0.1) is 0 Å². The van der Waals surface area contributed by atoms with E-state index in [1.54, 1.807) is 18.8 Å². The molecule has 0 spiro atoms. The summed E-state index contributed by atoms with van der Waals surface area (Å²) >= 11 is 0. The first-order valence-corrected chi connectivity index (χ1v) is 25.3. The van der Waals surface area contributed by atoms with Crippen LogP contribution < -0.4 is 27.2 Å². The van der Waals surface area contributed by atoms with Crippen LogP contribution >= 0.6 is 7.67 Å². The summed E-state index contributed by atoms with van der Waals surface area (Å²) in [5.41, 5.74) is 17.7. The molecular formula is C38H67B6N16O9P. The van der Waals surface area contributed by atoms with Crippen LogP contribution in [0.4, 0.5) is 0 Å². The van der Waals surface area contributed by atoms with Gasteiger partial charge in [-0.2, -0.15) is 5.12 Å². The van der Waals surface area contributed by atoms with Gasteiger partial charge >= 0.3 is 7.67 Å². The summed E-state index contributed by atoms with van der Waals surface area (Å²) in [6, 6.07) is -3.68. The lowest BCUT2D eigenvalue weighted by Gasteiger charge is -2.45. The predicted octanol–water partition coefficient (Wildman–Crippen LogP) is -7.89. The summed E-state index contributed by atoms with van der Waals surface area (Å²) in [6.45, 7) is 5.46. The number of nitrogens with one attached hydrogen (secondary N) is 4. The van der Waals surface area contributed by atoms with Gasteiger partial charge in [0.15, 0.2) is 17.9 Å². The molecule has 25 nitrogen and oxygen atoms in total. The van der Waals surface area contributed by atoms with E-state index >= 15 is 0 Å². The topological polar surface area (TPSA) is 268 Å². The van der Waals surface area contributed by atoms with Crippen molar-refractivity contribution in [2.24, 2.45) is 21.5 Å². The van der Waals surface area contributed by atoms with Gasteiger partial charge in [-0.1, -0.05) is 0 Å². The number of aliphatic hydroxyl groups is 1. The molecule has 0 aromatic carbocycles. The second kappa shape index (κ2) is 24.9. The van der Waals surface area contributed by atoms with Crippen molar-refractivity contribution in [2.45, 2.75) is 72.6 Å². The van der Waals surface area contributed by atoms with Crippen LogP contribution in [0, 0.1) is 5.41 Å². The van der Waals surface area contributed by atoms with Crippen LogP contribution in [0.1, 0.15) is 0 Å². The maximum Gasteiger partial charge on any atom is 0.345 e. The molecule has 0 amide bonds. The van der Waals surface area contributed by atoms with Crippen LogP contribution in [0.25, 0.3) is 5.43 Å². The van der Waals surface area contributed by atoms with E-state index in [4.69, 9.17) is 102 Å². The Morgan fingerprint density at radius 3 is 2.01 bits per heavy atom. The van der Waals surface area contributed by atoms with E-state index in [1.165, 1.54) is 4.67 Å². The summed E-state index contributed by atoms with van der Waals surface area (Å²) in [4.78, 5) is 16.7. The fourth-order valence-corrected chi connectivity index (χ4v) is 11.2. The van der Waals surface area contributed by atoms with E-state index in [0.717, 1.165) is 5.12 Å². The molecule has 6 fully saturated rings. The fourth-order valence-electron chi connectivity index (χ4n) is 9.22. The van der Waals surface area contributed by atoms with Gasteiger partial charge < -0.3 is 79.8 Å². The van der Waals surface area contributed by atoms with Crippen molar-refractivity contribution in [3.8, 4) is 0 Å². The number of ether oxygens (including phenoxy) is 6. The largest absolute Gasteiger partial charge is 0.459 e. The van der Waals surface area contributed by atoms with Gasteiger partial charge in [0, 0.05) is 114 Å². The van der Waals surface area contributed by atoms with Crippen LogP contribution in [0.15, 0.2) is 22.0 Å². The Labute approximate surface area is 419 Å². The highest BCUT2D eigenvalue weighted by Gasteiger charge is 2.42. The van der Waals surface area contributed by atoms with E-state index in [-0.39, 0.29) is 69.5 Å². The van der Waals surface area contributed by atoms with E-state index in [9.17, 15) is 9.67 Å². The molecule has 32 heteroatoms. The molecule has 14 atom stereocenters. The SMILES string of the molecule is [B]C1CNCC(CN=C(N)N2CC([B])OC(CN=C(N)N3CC([B])OC(CNC(=N)N4CC([B])OC(CN5C=C(N6CC([B])OC(COP(=O)(N(C)C)N7CC([B])OC(CO)C7)C6)[N-][NH+]5C)C4)C3)C2)O1. The molecule has 70 heavy (non-hydrogen) atoms. The highest BCUT2D eigenvalue weighted by molar-refractivity contribution is 7.53. The third kappa shape index (κ3) is 14.9. The normalized spacial score (nSPS) is 36.2. The van der Waals surface area contributed by atoms with Gasteiger partial charge in [-0.05, 0) is 27.2 Å². The molecule has 6 saturated heterocycles. The molecule has 14 unspecified atom stereocenters. The van der Waals surface area contributed by atoms with Gasteiger partial charge in [0.25, 0.3) is 0 Å². The zero-order valence-electron chi connectivity index (χ0n) is 40.5. The third-order valence-electron chi connectivity index (χ3n) is 12.6. The minimum atomic E-state index is -3.56. The smallest absolute Gasteiger partial charge is 0.345 e. The lowest BCUT2D eigenvalue weighted by molar-refractivity contribution is -0.950. The molecule has 0 aromatic rings. The Morgan fingerprint density at radius 2 is 1.34 bits per heavy atom. The third-order valence-corrected chi connectivity index (χ3v) is 15.1. The number of rotatable bonds is 15. The Morgan fingerprint density at radius 1 is 0.786 bits per heavy atom. The molecule has 0 aromatic heterocycles. The van der Waals surface area contributed by atoms with E-state index in [2.05, 4.69) is 20.6 Å². The number of quaternary nitrogens is 1. The lowest BCUT2D eigenvalue weighted by Crippen LogP contribution is -3.09. The number of aliphatic hydroxyl groups excluding tert-OH is 1. The molecule has 9 N–H and O–H groups in total. The molecule has 7 aliphatic heterocycles. The van der Waals surface area contributed by atoms with Crippen LogP contribution in [0.2, 0.25) is 0 Å². The van der Waals surface area contributed by atoms with Crippen molar-refractivity contribution >= 4 is 72.6 Å².